The van der Waals surface area contributed by atoms with Crippen molar-refractivity contribution in [1.29, 1.82) is 0 Å². The molecule has 0 bridgehead atoms. The number of aromatic nitrogens is 2. The lowest BCUT2D eigenvalue weighted by atomic mass is 9.89. The number of rotatable bonds is 3. The molecule has 1 aliphatic rings. The topological polar surface area (TPSA) is 46.1 Å². The molecule has 1 aliphatic carbocycles. The molecule has 4 nitrogen and oxygen atoms in total. The summed E-state index contributed by atoms with van der Waals surface area (Å²) < 4.78 is 0. The van der Waals surface area contributed by atoms with Crippen molar-refractivity contribution in [3.8, 4) is 0 Å². The first-order valence-corrected chi connectivity index (χ1v) is 9.30. The van der Waals surface area contributed by atoms with Gasteiger partial charge in [-0.3, -0.25) is 4.79 Å². The number of carbonyl (C=O) groups is 1. The van der Waals surface area contributed by atoms with Crippen molar-refractivity contribution in [1.82, 2.24) is 14.9 Å². The molecule has 6 heteroatoms. The number of aryl methyl sites for hydroxylation is 1. The molecule has 2 aromatic heterocycles. The van der Waals surface area contributed by atoms with E-state index < -0.39 is 0 Å². The quantitative estimate of drug-likeness (QED) is 0.637. The molecule has 0 unspecified atom stereocenters. The number of thiophene rings is 1. The second kappa shape index (κ2) is 6.16. The van der Waals surface area contributed by atoms with Crippen LogP contribution in [-0.4, -0.2) is 40.1 Å². The minimum Gasteiger partial charge on any atom is -0.348 e. The highest BCUT2D eigenvalue weighted by Gasteiger charge is 2.25. The summed E-state index contributed by atoms with van der Waals surface area (Å²) in [6, 6.07) is 0. The zero-order chi connectivity index (χ0) is 15.9. The molecule has 1 amide bonds. The molecule has 0 aromatic carbocycles. The maximum absolute atomic E-state index is 12.1. The standard InChI is InChI=1S/C16H21N3OS2/c1-9-5-6-11-12(7-9)22-15-13(11)14(17-8-18-15)21-10(2)16(20)19(3)4/h8-10H,5-7H2,1-4H3/t9-,10-/m1/s1. The van der Waals surface area contributed by atoms with E-state index in [9.17, 15) is 4.79 Å². The van der Waals surface area contributed by atoms with Gasteiger partial charge in [-0.15, -0.1) is 11.3 Å². The third kappa shape index (κ3) is 2.86. The Labute approximate surface area is 139 Å². The van der Waals surface area contributed by atoms with Crippen molar-refractivity contribution < 1.29 is 4.79 Å². The van der Waals surface area contributed by atoms with Crippen molar-refractivity contribution >= 4 is 39.2 Å². The summed E-state index contributed by atoms with van der Waals surface area (Å²) in [5, 5.41) is 2.02. The summed E-state index contributed by atoms with van der Waals surface area (Å²) in [6.45, 7) is 4.26. The van der Waals surface area contributed by atoms with Crippen LogP contribution < -0.4 is 0 Å². The number of nitrogens with zero attached hydrogens (tertiary/aromatic N) is 3. The Bertz CT molecular complexity index is 711. The van der Waals surface area contributed by atoms with Gasteiger partial charge in [0.05, 0.1) is 5.25 Å². The van der Waals surface area contributed by atoms with Crippen molar-refractivity contribution in [2.75, 3.05) is 14.1 Å². The maximum atomic E-state index is 12.1. The molecule has 22 heavy (non-hydrogen) atoms. The smallest absolute Gasteiger partial charge is 0.235 e. The van der Waals surface area contributed by atoms with Gasteiger partial charge < -0.3 is 4.90 Å². The van der Waals surface area contributed by atoms with E-state index in [0.717, 1.165) is 28.6 Å². The molecule has 0 radical (unpaired) electrons. The van der Waals surface area contributed by atoms with Crippen LogP contribution in [0, 0.1) is 5.92 Å². The Kier molecular flexibility index (Phi) is 4.41. The van der Waals surface area contributed by atoms with E-state index in [1.165, 1.54) is 22.2 Å². The first-order valence-electron chi connectivity index (χ1n) is 7.60. The van der Waals surface area contributed by atoms with Crippen LogP contribution in [0.2, 0.25) is 0 Å². The maximum Gasteiger partial charge on any atom is 0.235 e. The number of fused-ring (bicyclic) bond motifs is 3. The van der Waals surface area contributed by atoms with E-state index in [0.29, 0.717) is 0 Å². The van der Waals surface area contributed by atoms with Gasteiger partial charge >= 0.3 is 0 Å². The SMILES string of the molecule is C[C@@H]1CCc2c(sc3ncnc(S[C@H](C)C(=O)N(C)C)c23)C1. The summed E-state index contributed by atoms with van der Waals surface area (Å²) >= 11 is 3.35. The molecular weight excluding hydrogens is 314 g/mol. The van der Waals surface area contributed by atoms with E-state index in [-0.39, 0.29) is 11.2 Å². The summed E-state index contributed by atoms with van der Waals surface area (Å²) in [5.41, 5.74) is 1.42. The van der Waals surface area contributed by atoms with Gasteiger partial charge in [-0.05, 0) is 37.7 Å². The Balaban J connectivity index is 1.98. The predicted molar refractivity (Wildman–Crippen MR) is 92.6 cm³/mol. The molecule has 3 rings (SSSR count). The van der Waals surface area contributed by atoms with Crippen LogP contribution in [0.15, 0.2) is 11.4 Å². The van der Waals surface area contributed by atoms with Crippen LogP contribution >= 0.6 is 23.1 Å². The number of carbonyl (C=O) groups excluding carboxylic acids is 1. The summed E-state index contributed by atoms with van der Waals surface area (Å²) in [5.74, 6) is 0.869. The van der Waals surface area contributed by atoms with Crippen molar-refractivity contribution in [2.45, 2.75) is 43.4 Å². The average Bonchev–Trinajstić information content (AvgIpc) is 2.84. The summed E-state index contributed by atoms with van der Waals surface area (Å²) in [7, 11) is 3.59. The van der Waals surface area contributed by atoms with Gasteiger partial charge in [0, 0.05) is 24.4 Å². The first-order chi connectivity index (χ1) is 10.5. The lowest BCUT2D eigenvalue weighted by Gasteiger charge is -2.19. The second-order valence-electron chi connectivity index (χ2n) is 6.20. The van der Waals surface area contributed by atoms with Crippen LogP contribution in [-0.2, 0) is 17.6 Å². The minimum absolute atomic E-state index is 0.120. The number of amides is 1. The highest BCUT2D eigenvalue weighted by atomic mass is 32.2. The van der Waals surface area contributed by atoms with Crippen molar-refractivity contribution in [3.63, 3.8) is 0 Å². The zero-order valence-corrected chi connectivity index (χ0v) is 15.1. The lowest BCUT2D eigenvalue weighted by Crippen LogP contribution is -2.29. The third-order valence-corrected chi connectivity index (χ3v) is 6.38. The molecular formula is C16H21N3OS2. The molecule has 0 fully saturated rings. The fraction of sp³-hybridized carbons (Fsp3) is 0.562. The monoisotopic (exact) mass is 335 g/mol. The van der Waals surface area contributed by atoms with E-state index in [1.54, 1.807) is 48.4 Å². The second-order valence-corrected chi connectivity index (χ2v) is 8.62. The summed E-state index contributed by atoms with van der Waals surface area (Å²) in [4.78, 5) is 25.2. The molecule has 0 spiro atoms. The Hall–Kier alpha value is -1.14. The first kappa shape index (κ1) is 15.7. The Morgan fingerprint density at radius 1 is 1.45 bits per heavy atom. The highest BCUT2D eigenvalue weighted by Crippen LogP contribution is 2.41. The molecule has 2 heterocycles. The normalized spacial score (nSPS) is 19.0. The lowest BCUT2D eigenvalue weighted by molar-refractivity contribution is -0.127. The minimum atomic E-state index is -0.133. The molecule has 0 aliphatic heterocycles. The van der Waals surface area contributed by atoms with Crippen molar-refractivity contribution in [2.24, 2.45) is 5.92 Å². The molecule has 0 N–H and O–H groups in total. The molecule has 0 saturated carbocycles. The Morgan fingerprint density at radius 3 is 2.95 bits per heavy atom. The molecule has 0 saturated heterocycles. The van der Waals surface area contributed by atoms with E-state index in [2.05, 4.69) is 16.9 Å². The molecule has 118 valence electrons. The van der Waals surface area contributed by atoms with E-state index >= 15 is 0 Å². The van der Waals surface area contributed by atoms with Gasteiger partial charge in [-0.25, -0.2) is 9.97 Å². The van der Waals surface area contributed by atoms with Gasteiger partial charge in [0.1, 0.15) is 16.2 Å². The highest BCUT2D eigenvalue weighted by molar-refractivity contribution is 8.00. The zero-order valence-electron chi connectivity index (χ0n) is 13.4. The fourth-order valence-electron chi connectivity index (χ4n) is 2.92. The van der Waals surface area contributed by atoms with Gasteiger partial charge in [0.25, 0.3) is 0 Å². The van der Waals surface area contributed by atoms with Crippen LogP contribution in [0.1, 0.15) is 30.7 Å². The fourth-order valence-corrected chi connectivity index (χ4v) is 5.42. The van der Waals surface area contributed by atoms with E-state index in [1.807, 2.05) is 6.92 Å². The number of hydrogen-bond acceptors (Lipinski definition) is 5. The Morgan fingerprint density at radius 2 is 2.23 bits per heavy atom. The van der Waals surface area contributed by atoms with Crippen LogP contribution in [0.4, 0.5) is 0 Å². The van der Waals surface area contributed by atoms with Crippen LogP contribution in [0.25, 0.3) is 10.2 Å². The van der Waals surface area contributed by atoms with Crippen LogP contribution in [0.3, 0.4) is 0 Å². The average molecular weight is 335 g/mol. The largest absolute Gasteiger partial charge is 0.348 e. The van der Waals surface area contributed by atoms with Crippen molar-refractivity contribution in [3.05, 3.63) is 16.8 Å². The third-order valence-electron chi connectivity index (χ3n) is 4.13. The predicted octanol–water partition coefficient (Wildman–Crippen LogP) is 3.38. The van der Waals surface area contributed by atoms with Gasteiger partial charge in [-0.2, -0.15) is 0 Å². The number of hydrogen-bond donors (Lipinski definition) is 0. The van der Waals surface area contributed by atoms with E-state index in [4.69, 9.17) is 0 Å². The van der Waals surface area contributed by atoms with Gasteiger partial charge in [0.15, 0.2) is 0 Å². The molecule has 2 atom stereocenters. The number of thioether (sulfide) groups is 1. The summed E-state index contributed by atoms with van der Waals surface area (Å²) in [6.07, 6.45) is 5.10. The molecule has 2 aromatic rings. The van der Waals surface area contributed by atoms with Gasteiger partial charge in [0.2, 0.25) is 5.91 Å². The van der Waals surface area contributed by atoms with Gasteiger partial charge in [-0.1, -0.05) is 18.7 Å². The van der Waals surface area contributed by atoms with Crippen LogP contribution in [0.5, 0.6) is 0 Å².